The lowest BCUT2D eigenvalue weighted by Gasteiger charge is -2.18. The molecule has 0 saturated carbocycles. The molecule has 4 rings (SSSR count). The summed E-state index contributed by atoms with van der Waals surface area (Å²) in [6.45, 7) is 0.388. The highest BCUT2D eigenvalue weighted by molar-refractivity contribution is 6.24. The summed E-state index contributed by atoms with van der Waals surface area (Å²) < 4.78 is 10.3. The van der Waals surface area contributed by atoms with Crippen LogP contribution < -0.4 is 20.1 Å². The summed E-state index contributed by atoms with van der Waals surface area (Å²) in [6.07, 6.45) is -0.221. The zero-order valence-electron chi connectivity index (χ0n) is 16.2. The maximum Gasteiger partial charge on any atom is 0.262 e. The smallest absolute Gasteiger partial charge is 0.262 e. The molecule has 1 unspecified atom stereocenters. The molecule has 3 heterocycles. The predicted molar refractivity (Wildman–Crippen MR) is 103 cm³/mol. The Kier molecular flexibility index (Phi) is 4.82. The topological polar surface area (TPSA) is 127 Å². The Balaban J connectivity index is 1.54. The molecule has 10 heteroatoms. The normalized spacial score (nSPS) is 17.8. The Morgan fingerprint density at radius 1 is 1.03 bits per heavy atom. The van der Waals surface area contributed by atoms with Gasteiger partial charge < -0.3 is 14.8 Å². The first-order valence-corrected chi connectivity index (χ1v) is 9.09. The highest BCUT2D eigenvalue weighted by atomic mass is 16.5. The summed E-state index contributed by atoms with van der Waals surface area (Å²) >= 11 is 0. The third-order valence-electron chi connectivity index (χ3n) is 4.93. The first kappa shape index (κ1) is 19.4. The minimum atomic E-state index is -1.11. The van der Waals surface area contributed by atoms with Gasteiger partial charge in [0.1, 0.15) is 6.04 Å². The molecule has 2 aromatic rings. The second-order valence-corrected chi connectivity index (χ2v) is 6.79. The summed E-state index contributed by atoms with van der Waals surface area (Å²) in [5, 5.41) is 5.29. The van der Waals surface area contributed by atoms with E-state index in [0.717, 1.165) is 10.5 Å². The molecular weight excluding hydrogens is 392 g/mol. The van der Waals surface area contributed by atoms with E-state index in [1.54, 1.807) is 24.3 Å². The summed E-state index contributed by atoms with van der Waals surface area (Å²) in [4.78, 5) is 53.8. The molecule has 1 saturated heterocycles. The third kappa shape index (κ3) is 3.32. The van der Waals surface area contributed by atoms with Crippen molar-refractivity contribution in [1.29, 1.82) is 0 Å². The number of imide groups is 2. The summed E-state index contributed by atoms with van der Waals surface area (Å²) in [6, 6.07) is 7.13. The van der Waals surface area contributed by atoms with Gasteiger partial charge >= 0.3 is 0 Å². The van der Waals surface area contributed by atoms with Crippen molar-refractivity contribution in [2.75, 3.05) is 19.5 Å². The molecule has 1 atom stereocenters. The van der Waals surface area contributed by atoms with Gasteiger partial charge in [0.25, 0.3) is 11.8 Å². The lowest BCUT2D eigenvalue weighted by molar-refractivity contribution is -0.125. The molecule has 0 radical (unpaired) electrons. The fourth-order valence-electron chi connectivity index (χ4n) is 3.45. The van der Waals surface area contributed by atoms with Gasteiger partial charge in [-0.3, -0.25) is 29.4 Å². The molecule has 10 nitrogen and oxygen atoms in total. The van der Waals surface area contributed by atoms with Crippen molar-refractivity contribution in [3.8, 4) is 11.8 Å². The van der Waals surface area contributed by atoms with Gasteiger partial charge in [-0.1, -0.05) is 0 Å². The Hall–Kier alpha value is -3.95. The summed E-state index contributed by atoms with van der Waals surface area (Å²) in [5.41, 5.74) is 1.83. The fourth-order valence-corrected chi connectivity index (χ4v) is 3.45. The molecule has 2 aliphatic rings. The predicted octanol–water partition coefficient (Wildman–Crippen LogP) is 0.722. The average Bonchev–Trinajstić information content (AvgIpc) is 3.20. The number of carbonyl (C=O) groups excluding carboxylic acids is 4. The Bertz CT molecular complexity index is 1060. The van der Waals surface area contributed by atoms with Crippen LogP contribution in [0, 0.1) is 0 Å². The van der Waals surface area contributed by atoms with E-state index in [9.17, 15) is 19.2 Å². The van der Waals surface area contributed by atoms with Gasteiger partial charge in [-0.25, -0.2) is 0 Å². The number of ether oxygens (including phenoxy) is 2. The molecule has 2 N–H and O–H groups in total. The Morgan fingerprint density at radius 3 is 2.30 bits per heavy atom. The van der Waals surface area contributed by atoms with Gasteiger partial charge in [0.2, 0.25) is 23.6 Å². The number of aromatic nitrogens is 1. The Labute approximate surface area is 171 Å². The number of fused-ring (bicyclic) bond motifs is 1. The van der Waals surface area contributed by atoms with Gasteiger partial charge in [-0.05, 0) is 23.8 Å². The number of methoxy groups -OCH3 is 2. The fraction of sp³-hybridized carbons (Fsp3) is 0.250. The van der Waals surface area contributed by atoms with Gasteiger partial charge in [0.05, 0.1) is 31.8 Å². The molecule has 154 valence electrons. The minimum absolute atomic E-state index is 0.182. The zero-order chi connectivity index (χ0) is 21.4. The summed E-state index contributed by atoms with van der Waals surface area (Å²) in [7, 11) is 3.01. The molecule has 1 aromatic heterocycles. The lowest BCUT2D eigenvalue weighted by atomic mass is 10.1. The average molecular weight is 410 g/mol. The van der Waals surface area contributed by atoms with E-state index < -0.39 is 29.7 Å². The number of anilines is 1. The number of nitrogens with one attached hydrogen (secondary N) is 2. The minimum Gasteiger partial charge on any atom is -0.481 e. The number of hydrogen-bond donors (Lipinski definition) is 2. The second kappa shape index (κ2) is 7.47. The molecule has 4 amide bonds. The van der Waals surface area contributed by atoms with Crippen LogP contribution in [0.15, 0.2) is 30.3 Å². The maximum absolute atomic E-state index is 12.8. The third-order valence-corrected chi connectivity index (χ3v) is 4.93. The van der Waals surface area contributed by atoms with E-state index in [4.69, 9.17) is 9.47 Å². The van der Waals surface area contributed by atoms with Crippen LogP contribution in [-0.4, -0.2) is 53.8 Å². The zero-order valence-corrected chi connectivity index (χ0v) is 16.2. The van der Waals surface area contributed by atoms with Crippen molar-refractivity contribution in [1.82, 2.24) is 15.2 Å². The molecule has 0 spiro atoms. The standard InChI is InChI=1S/C20H18N4O6/c1-29-16-5-10(6-17(23-16)30-2)9-21-11-3-4-12-13(7-11)20(28)24(19(12)27)14-8-15(25)22-18(14)26/h3-7,14,21H,8-9H2,1-2H3,(H,22,25,26). The quantitative estimate of drug-likeness (QED) is 0.667. The van der Waals surface area contributed by atoms with E-state index in [2.05, 4.69) is 15.6 Å². The van der Waals surface area contributed by atoms with Crippen LogP contribution in [0.25, 0.3) is 0 Å². The van der Waals surface area contributed by atoms with Crippen molar-refractivity contribution in [2.45, 2.75) is 19.0 Å². The number of carbonyl (C=O) groups is 4. The Morgan fingerprint density at radius 2 is 1.70 bits per heavy atom. The number of nitrogens with zero attached hydrogens (tertiary/aromatic N) is 2. The molecule has 1 fully saturated rings. The van der Waals surface area contributed by atoms with Gasteiger partial charge in [-0.15, -0.1) is 0 Å². The van der Waals surface area contributed by atoms with Crippen LogP contribution in [0.3, 0.4) is 0 Å². The first-order chi connectivity index (χ1) is 14.4. The van der Waals surface area contributed by atoms with Crippen molar-refractivity contribution in [3.05, 3.63) is 47.0 Å². The second-order valence-electron chi connectivity index (χ2n) is 6.79. The first-order valence-electron chi connectivity index (χ1n) is 9.09. The molecule has 1 aromatic carbocycles. The van der Waals surface area contributed by atoms with Crippen molar-refractivity contribution < 1.29 is 28.7 Å². The summed E-state index contributed by atoms with van der Waals surface area (Å²) in [5.74, 6) is -1.52. The van der Waals surface area contributed by atoms with Crippen molar-refractivity contribution in [2.24, 2.45) is 0 Å². The number of benzene rings is 1. The van der Waals surface area contributed by atoms with Gasteiger partial charge in [0, 0.05) is 24.4 Å². The van der Waals surface area contributed by atoms with Crippen LogP contribution in [0.2, 0.25) is 0 Å². The van der Waals surface area contributed by atoms with E-state index in [1.165, 1.54) is 20.3 Å². The largest absolute Gasteiger partial charge is 0.481 e. The van der Waals surface area contributed by atoms with Crippen LogP contribution in [0.5, 0.6) is 11.8 Å². The molecule has 0 bridgehead atoms. The van der Waals surface area contributed by atoms with Crippen LogP contribution in [0.4, 0.5) is 5.69 Å². The SMILES string of the molecule is COc1cc(CNc2ccc3c(c2)C(=O)N(C2CC(=O)NC2=O)C3=O)cc(OC)n1. The van der Waals surface area contributed by atoms with E-state index in [1.807, 2.05) is 0 Å². The van der Waals surface area contributed by atoms with Gasteiger partial charge in [0.15, 0.2) is 0 Å². The lowest BCUT2D eigenvalue weighted by Crippen LogP contribution is -2.44. The number of hydrogen-bond acceptors (Lipinski definition) is 8. The van der Waals surface area contributed by atoms with E-state index >= 15 is 0 Å². The highest BCUT2D eigenvalue weighted by Gasteiger charge is 2.46. The highest BCUT2D eigenvalue weighted by Crippen LogP contribution is 2.29. The molecule has 30 heavy (non-hydrogen) atoms. The monoisotopic (exact) mass is 410 g/mol. The maximum atomic E-state index is 12.8. The van der Waals surface area contributed by atoms with E-state index in [-0.39, 0.29) is 17.5 Å². The number of amides is 4. The number of pyridine rings is 1. The van der Waals surface area contributed by atoms with Crippen molar-refractivity contribution in [3.63, 3.8) is 0 Å². The molecule has 2 aliphatic heterocycles. The van der Waals surface area contributed by atoms with Crippen LogP contribution in [0.1, 0.15) is 32.7 Å². The van der Waals surface area contributed by atoms with Crippen LogP contribution in [-0.2, 0) is 16.1 Å². The molecule has 0 aliphatic carbocycles. The van der Waals surface area contributed by atoms with Crippen LogP contribution >= 0.6 is 0 Å². The van der Waals surface area contributed by atoms with E-state index in [0.29, 0.717) is 24.0 Å². The number of rotatable bonds is 6. The molecular formula is C20H18N4O6. The van der Waals surface area contributed by atoms with Crippen molar-refractivity contribution >= 4 is 29.3 Å². The van der Waals surface area contributed by atoms with Gasteiger partial charge in [-0.2, -0.15) is 4.98 Å².